The van der Waals surface area contributed by atoms with E-state index in [0.717, 1.165) is 17.1 Å². The quantitative estimate of drug-likeness (QED) is 0.168. The summed E-state index contributed by atoms with van der Waals surface area (Å²) < 4.78 is 0. The number of hydrogen-bond donors (Lipinski definition) is 0. The van der Waals surface area contributed by atoms with Crippen LogP contribution in [0, 0.1) is 0 Å². The van der Waals surface area contributed by atoms with Gasteiger partial charge in [0.15, 0.2) is 0 Å². The molecule has 0 bridgehead atoms. The summed E-state index contributed by atoms with van der Waals surface area (Å²) >= 11 is 1.94. The third kappa shape index (κ3) is 5.39. The highest BCUT2D eigenvalue weighted by atomic mass is 32.2. The van der Waals surface area contributed by atoms with Crippen LogP contribution < -0.4 is 4.90 Å². The highest BCUT2D eigenvalue weighted by Crippen LogP contribution is 2.60. The van der Waals surface area contributed by atoms with E-state index < -0.39 is 0 Å². The maximum Gasteiger partial charge on any atom is 0.0465 e. The lowest BCUT2D eigenvalue weighted by molar-refractivity contribution is 0.642. The molecule has 0 spiro atoms. The van der Waals surface area contributed by atoms with Crippen LogP contribution in [0.3, 0.4) is 0 Å². The van der Waals surface area contributed by atoms with Crippen molar-refractivity contribution in [2.75, 3.05) is 4.90 Å². The minimum atomic E-state index is -0.269. The molecule has 0 saturated carbocycles. The van der Waals surface area contributed by atoms with Gasteiger partial charge in [0.1, 0.15) is 0 Å². The number of fused-ring (bicyclic) bond motifs is 6. The van der Waals surface area contributed by atoms with E-state index in [2.05, 4.69) is 220 Å². The van der Waals surface area contributed by atoms with Crippen LogP contribution >= 0.6 is 11.8 Å². The average Bonchev–Trinajstić information content (AvgIpc) is 3.48. The van der Waals surface area contributed by atoms with Crippen LogP contribution in [0.2, 0.25) is 0 Å². The molecule has 0 fully saturated rings. The lowest BCUT2D eigenvalue weighted by Crippen LogP contribution is -2.29. The van der Waals surface area contributed by atoms with Gasteiger partial charge in [-0.1, -0.05) is 177 Å². The summed E-state index contributed by atoms with van der Waals surface area (Å²) in [4.78, 5) is 5.13. The summed E-state index contributed by atoms with van der Waals surface area (Å²) in [6.07, 6.45) is 0. The fraction of sp³-hybridized carbons (Fsp3) is 0.0943. The van der Waals surface area contributed by atoms with Gasteiger partial charge >= 0.3 is 0 Å². The van der Waals surface area contributed by atoms with Crippen molar-refractivity contribution in [1.29, 1.82) is 0 Å². The third-order valence-electron chi connectivity index (χ3n) is 12.0. The maximum absolute atomic E-state index is 2.45. The average molecular weight is 724 g/mol. The lowest BCUT2D eigenvalue weighted by Gasteiger charge is -2.39. The second-order valence-electron chi connectivity index (χ2n) is 15.5. The molecule has 1 atom stereocenters. The first-order chi connectivity index (χ1) is 26.9. The molecule has 55 heavy (non-hydrogen) atoms. The van der Waals surface area contributed by atoms with Crippen molar-refractivity contribution >= 4 is 28.8 Å². The van der Waals surface area contributed by atoms with Crippen molar-refractivity contribution in [3.05, 3.63) is 222 Å². The molecule has 0 saturated heterocycles. The standard InChI is InChI=1S/C53H41NS/c1-52(2)46-33-34-47-51(55-49-22-14-13-21-45(49)53(47,3)40-19-11-6-12-20-40)50(46)44-32-31-43(35-48(44)52)54(41-27-23-38(24-28-41)36-15-7-4-8-16-36)42-29-25-39(26-30-42)37-17-9-5-10-18-37/h4-35H,1-3H3. The van der Waals surface area contributed by atoms with E-state index in [-0.39, 0.29) is 10.8 Å². The molecular formula is C53H41NS. The van der Waals surface area contributed by atoms with Gasteiger partial charge in [-0.2, -0.15) is 0 Å². The zero-order chi connectivity index (χ0) is 37.1. The molecule has 10 rings (SSSR count). The van der Waals surface area contributed by atoms with Crippen LogP contribution in [0.5, 0.6) is 0 Å². The Labute approximate surface area is 329 Å². The molecule has 1 heterocycles. The molecular weight excluding hydrogens is 683 g/mol. The van der Waals surface area contributed by atoms with Crippen LogP contribution in [0.1, 0.15) is 48.6 Å². The summed E-state index contributed by atoms with van der Waals surface area (Å²) in [5.74, 6) is 0. The van der Waals surface area contributed by atoms with Crippen molar-refractivity contribution in [3.8, 4) is 33.4 Å². The monoisotopic (exact) mass is 723 g/mol. The maximum atomic E-state index is 2.45. The van der Waals surface area contributed by atoms with Gasteiger partial charge in [-0.05, 0) is 105 Å². The molecule has 1 unspecified atom stereocenters. The first-order valence-corrected chi connectivity index (χ1v) is 20.0. The van der Waals surface area contributed by atoms with Gasteiger partial charge in [-0.15, -0.1) is 0 Å². The van der Waals surface area contributed by atoms with Crippen molar-refractivity contribution in [2.24, 2.45) is 0 Å². The smallest absolute Gasteiger partial charge is 0.0465 e. The van der Waals surface area contributed by atoms with Gasteiger partial charge in [0.2, 0.25) is 0 Å². The Balaban J connectivity index is 1.12. The summed E-state index contributed by atoms with van der Waals surface area (Å²) in [6, 6.07) is 71.3. The van der Waals surface area contributed by atoms with Crippen LogP contribution in [0.4, 0.5) is 17.1 Å². The Bertz CT molecular complexity index is 2600. The highest BCUT2D eigenvalue weighted by Gasteiger charge is 2.44. The fourth-order valence-electron chi connectivity index (χ4n) is 9.04. The fourth-order valence-corrected chi connectivity index (χ4v) is 10.5. The molecule has 2 aliphatic rings. The van der Waals surface area contributed by atoms with Gasteiger partial charge in [-0.3, -0.25) is 0 Å². The summed E-state index contributed by atoms with van der Waals surface area (Å²) in [7, 11) is 0. The van der Waals surface area contributed by atoms with E-state index in [1.165, 1.54) is 71.0 Å². The molecule has 1 nitrogen and oxygen atoms in total. The number of rotatable bonds is 6. The van der Waals surface area contributed by atoms with Gasteiger partial charge < -0.3 is 4.90 Å². The Hall–Kier alpha value is -6.09. The third-order valence-corrected chi connectivity index (χ3v) is 13.2. The van der Waals surface area contributed by atoms with Crippen LogP contribution in [0.25, 0.3) is 33.4 Å². The molecule has 0 N–H and O–H groups in total. The summed E-state index contributed by atoms with van der Waals surface area (Å²) in [5.41, 5.74) is 17.4. The van der Waals surface area contributed by atoms with Gasteiger partial charge in [0.05, 0.1) is 0 Å². The lowest BCUT2D eigenvalue weighted by atomic mass is 9.69. The van der Waals surface area contributed by atoms with Crippen molar-refractivity contribution in [1.82, 2.24) is 0 Å². The number of anilines is 3. The van der Waals surface area contributed by atoms with Gasteiger partial charge in [0, 0.05) is 43.2 Å². The zero-order valence-corrected chi connectivity index (χ0v) is 32.1. The molecule has 8 aromatic rings. The minimum Gasteiger partial charge on any atom is -0.310 e. The minimum absolute atomic E-state index is 0.184. The SMILES string of the molecule is CC1(C)c2cc(N(c3ccc(-c4ccccc4)cc3)c3ccc(-c4ccccc4)cc3)ccc2-c2c1ccc1c2Sc2ccccc2C1(C)c1ccccc1. The van der Waals surface area contributed by atoms with E-state index in [9.17, 15) is 0 Å². The first kappa shape index (κ1) is 33.5. The van der Waals surface area contributed by atoms with Crippen molar-refractivity contribution in [3.63, 3.8) is 0 Å². The number of nitrogens with zero attached hydrogens (tertiary/aromatic N) is 1. The highest BCUT2D eigenvalue weighted by molar-refractivity contribution is 7.99. The number of hydrogen-bond acceptors (Lipinski definition) is 2. The summed E-state index contributed by atoms with van der Waals surface area (Å²) in [6.45, 7) is 7.22. The van der Waals surface area contributed by atoms with E-state index >= 15 is 0 Å². The normalized spacial score (nSPS) is 16.1. The van der Waals surface area contributed by atoms with Crippen molar-refractivity contribution < 1.29 is 0 Å². The second kappa shape index (κ2) is 13.0. The predicted octanol–water partition coefficient (Wildman–Crippen LogP) is 14.6. The molecule has 2 heteroatoms. The zero-order valence-electron chi connectivity index (χ0n) is 31.3. The second-order valence-corrected chi connectivity index (χ2v) is 16.5. The molecule has 264 valence electrons. The Morgan fingerprint density at radius 2 is 0.891 bits per heavy atom. The molecule has 1 aliphatic heterocycles. The van der Waals surface area contributed by atoms with E-state index in [1.54, 1.807) is 0 Å². The van der Waals surface area contributed by atoms with E-state index in [1.807, 2.05) is 11.8 Å². The topological polar surface area (TPSA) is 3.24 Å². The van der Waals surface area contributed by atoms with Crippen LogP contribution in [-0.2, 0) is 10.8 Å². The summed E-state index contributed by atoms with van der Waals surface area (Å²) in [5, 5.41) is 0. The molecule has 1 aliphatic carbocycles. The largest absolute Gasteiger partial charge is 0.310 e. The molecule has 0 amide bonds. The van der Waals surface area contributed by atoms with Gasteiger partial charge in [0.25, 0.3) is 0 Å². The first-order valence-electron chi connectivity index (χ1n) is 19.2. The van der Waals surface area contributed by atoms with Crippen molar-refractivity contribution in [2.45, 2.75) is 41.4 Å². The molecule has 0 aromatic heterocycles. The van der Waals surface area contributed by atoms with E-state index in [4.69, 9.17) is 0 Å². The predicted molar refractivity (Wildman–Crippen MR) is 232 cm³/mol. The van der Waals surface area contributed by atoms with Gasteiger partial charge in [-0.25, -0.2) is 0 Å². The Morgan fingerprint density at radius 3 is 1.49 bits per heavy atom. The Morgan fingerprint density at radius 1 is 0.400 bits per heavy atom. The Kier molecular flexibility index (Phi) is 7.94. The van der Waals surface area contributed by atoms with Crippen LogP contribution in [-0.4, -0.2) is 0 Å². The molecule has 0 radical (unpaired) electrons. The van der Waals surface area contributed by atoms with Crippen LogP contribution in [0.15, 0.2) is 204 Å². The number of benzene rings is 8. The molecule has 8 aromatic carbocycles. The van der Waals surface area contributed by atoms with E-state index in [0.29, 0.717) is 0 Å².